The van der Waals surface area contributed by atoms with Crippen LogP contribution in [0.4, 0.5) is 5.69 Å². The number of nitrogens with zero attached hydrogens (tertiary/aromatic N) is 1. The summed E-state index contributed by atoms with van der Waals surface area (Å²) in [6.45, 7) is 6.62. The van der Waals surface area contributed by atoms with E-state index >= 15 is 0 Å². The highest BCUT2D eigenvalue weighted by Crippen LogP contribution is 2.28. The highest BCUT2D eigenvalue weighted by atomic mass is 15.1. The van der Waals surface area contributed by atoms with Crippen molar-refractivity contribution in [3.05, 3.63) is 34.9 Å². The summed E-state index contributed by atoms with van der Waals surface area (Å²) in [5.41, 5.74) is 5.68. The van der Waals surface area contributed by atoms with Gasteiger partial charge in [0, 0.05) is 25.8 Å². The van der Waals surface area contributed by atoms with E-state index in [9.17, 15) is 0 Å². The first-order valence-corrected chi connectivity index (χ1v) is 6.81. The molecule has 0 fully saturated rings. The maximum Gasteiger partial charge on any atom is 0.0397 e. The summed E-state index contributed by atoms with van der Waals surface area (Å²) < 4.78 is 0. The molecule has 1 heterocycles. The number of hydrogen-bond donors (Lipinski definition) is 1. The van der Waals surface area contributed by atoms with E-state index in [-0.39, 0.29) is 0 Å². The zero-order chi connectivity index (χ0) is 13.1. The first kappa shape index (κ1) is 13.2. The van der Waals surface area contributed by atoms with Gasteiger partial charge in [-0.3, -0.25) is 0 Å². The first-order valence-electron chi connectivity index (χ1n) is 6.81. The molecule has 1 aromatic rings. The topological polar surface area (TPSA) is 15.3 Å². The number of fused-ring (bicyclic) bond motifs is 1. The van der Waals surface area contributed by atoms with Crippen LogP contribution in [-0.4, -0.2) is 27.2 Å². The molecule has 0 saturated carbocycles. The Morgan fingerprint density at radius 3 is 2.89 bits per heavy atom. The molecule has 0 spiro atoms. The van der Waals surface area contributed by atoms with Gasteiger partial charge in [0.25, 0.3) is 0 Å². The van der Waals surface area contributed by atoms with E-state index < -0.39 is 0 Å². The lowest BCUT2D eigenvalue weighted by Gasteiger charge is -2.13. The molecule has 98 valence electrons. The third-order valence-electron chi connectivity index (χ3n) is 3.71. The van der Waals surface area contributed by atoms with Crippen molar-refractivity contribution in [2.24, 2.45) is 5.92 Å². The molecule has 0 atom stereocenters. The summed E-state index contributed by atoms with van der Waals surface area (Å²) in [7, 11) is 4.18. The smallest absolute Gasteiger partial charge is 0.0397 e. The molecule has 0 unspecified atom stereocenters. The second kappa shape index (κ2) is 5.57. The van der Waals surface area contributed by atoms with Crippen LogP contribution in [-0.2, 0) is 6.42 Å². The van der Waals surface area contributed by atoms with Gasteiger partial charge in [0.2, 0.25) is 0 Å². The largest absolute Gasteiger partial charge is 0.374 e. The third kappa shape index (κ3) is 2.75. The monoisotopic (exact) mass is 244 g/mol. The highest BCUT2D eigenvalue weighted by Gasteiger charge is 2.15. The van der Waals surface area contributed by atoms with Crippen LogP contribution in [0.25, 0.3) is 6.08 Å². The fourth-order valence-corrected chi connectivity index (χ4v) is 2.52. The van der Waals surface area contributed by atoms with Gasteiger partial charge in [-0.25, -0.2) is 0 Å². The van der Waals surface area contributed by atoms with Crippen molar-refractivity contribution in [3.63, 3.8) is 0 Å². The summed E-state index contributed by atoms with van der Waals surface area (Å²) in [5.74, 6) is 0.591. The zero-order valence-electron chi connectivity index (χ0n) is 12.0. The van der Waals surface area contributed by atoms with Gasteiger partial charge in [0.05, 0.1) is 0 Å². The molecule has 2 rings (SSSR count). The lowest BCUT2D eigenvalue weighted by Crippen LogP contribution is -2.13. The van der Waals surface area contributed by atoms with E-state index in [1.807, 2.05) is 7.05 Å². The summed E-state index contributed by atoms with van der Waals surface area (Å²) in [6, 6.07) is 6.83. The van der Waals surface area contributed by atoms with Gasteiger partial charge in [0.15, 0.2) is 0 Å². The summed E-state index contributed by atoms with van der Waals surface area (Å²) >= 11 is 0. The predicted octanol–water partition coefficient (Wildman–Crippen LogP) is 2.94. The maximum atomic E-state index is 3.25. The van der Waals surface area contributed by atoms with Crippen molar-refractivity contribution in [3.8, 4) is 0 Å². The van der Waals surface area contributed by atoms with Gasteiger partial charge in [0.1, 0.15) is 0 Å². The summed E-state index contributed by atoms with van der Waals surface area (Å²) in [6.07, 6.45) is 3.51. The van der Waals surface area contributed by atoms with E-state index in [4.69, 9.17) is 0 Å². The maximum absolute atomic E-state index is 3.25. The van der Waals surface area contributed by atoms with Crippen LogP contribution in [0.15, 0.2) is 23.8 Å². The molecule has 2 nitrogen and oxygen atoms in total. The van der Waals surface area contributed by atoms with Crippen LogP contribution in [0.5, 0.6) is 0 Å². The van der Waals surface area contributed by atoms with Crippen LogP contribution in [0.1, 0.15) is 25.0 Å². The van der Waals surface area contributed by atoms with Crippen molar-refractivity contribution >= 4 is 11.8 Å². The molecule has 1 N–H and O–H groups in total. The third-order valence-corrected chi connectivity index (χ3v) is 3.71. The number of anilines is 1. The molecule has 0 amide bonds. The van der Waals surface area contributed by atoms with E-state index in [0.717, 1.165) is 13.1 Å². The Morgan fingerprint density at radius 1 is 1.44 bits per heavy atom. The SMILES string of the molecule is CNCC(=Cc1ccc2c(c1)CCN2C)C(C)C. The van der Waals surface area contributed by atoms with Crippen molar-refractivity contribution in [2.75, 3.05) is 32.1 Å². The number of rotatable bonds is 4. The number of benzene rings is 1. The van der Waals surface area contributed by atoms with E-state index in [1.54, 1.807) is 0 Å². The Morgan fingerprint density at radius 2 is 2.22 bits per heavy atom. The van der Waals surface area contributed by atoms with Crippen LogP contribution in [0.3, 0.4) is 0 Å². The van der Waals surface area contributed by atoms with Gasteiger partial charge in [-0.2, -0.15) is 0 Å². The van der Waals surface area contributed by atoms with Crippen LogP contribution >= 0.6 is 0 Å². The Bertz CT molecular complexity index is 446. The standard InChI is InChI=1S/C16H24N2/c1-12(2)15(11-17-3)10-13-5-6-16-14(9-13)7-8-18(16)4/h5-6,9-10,12,17H,7-8,11H2,1-4H3. The number of hydrogen-bond acceptors (Lipinski definition) is 2. The van der Waals surface area contributed by atoms with E-state index in [1.165, 1.54) is 28.8 Å². The molecule has 1 aliphatic rings. The summed E-state index contributed by atoms with van der Waals surface area (Å²) in [4.78, 5) is 2.33. The molecular weight excluding hydrogens is 220 g/mol. The molecule has 0 aromatic heterocycles. The molecular formula is C16H24N2. The Labute approximate surface area is 111 Å². The second-order valence-corrected chi connectivity index (χ2v) is 5.46. The van der Waals surface area contributed by atoms with Crippen LogP contribution in [0, 0.1) is 5.92 Å². The number of nitrogens with one attached hydrogen (secondary N) is 1. The van der Waals surface area contributed by atoms with Crippen molar-refractivity contribution < 1.29 is 0 Å². The fraction of sp³-hybridized carbons (Fsp3) is 0.500. The summed E-state index contributed by atoms with van der Waals surface area (Å²) in [5, 5.41) is 3.25. The van der Waals surface area contributed by atoms with Gasteiger partial charge in [-0.15, -0.1) is 0 Å². The van der Waals surface area contributed by atoms with E-state index in [0.29, 0.717) is 5.92 Å². The van der Waals surface area contributed by atoms with Gasteiger partial charge in [-0.1, -0.05) is 31.6 Å². The lowest BCUT2D eigenvalue weighted by molar-refractivity contribution is 0.713. The molecule has 1 aliphatic heterocycles. The molecule has 0 aliphatic carbocycles. The molecule has 2 heteroatoms. The minimum absolute atomic E-state index is 0.591. The average Bonchev–Trinajstić information content (AvgIpc) is 2.70. The minimum atomic E-state index is 0.591. The molecule has 1 aromatic carbocycles. The first-order chi connectivity index (χ1) is 8.61. The lowest BCUT2D eigenvalue weighted by atomic mass is 9.99. The second-order valence-electron chi connectivity index (χ2n) is 5.46. The zero-order valence-corrected chi connectivity index (χ0v) is 12.0. The van der Waals surface area contributed by atoms with Crippen molar-refractivity contribution in [2.45, 2.75) is 20.3 Å². The molecule has 0 saturated heterocycles. The van der Waals surface area contributed by atoms with E-state index in [2.05, 4.69) is 55.4 Å². The molecule has 18 heavy (non-hydrogen) atoms. The normalized spacial score (nSPS) is 15.4. The van der Waals surface area contributed by atoms with Crippen molar-refractivity contribution in [1.82, 2.24) is 5.32 Å². The average molecular weight is 244 g/mol. The highest BCUT2D eigenvalue weighted by molar-refractivity contribution is 5.64. The Balaban J connectivity index is 2.26. The Kier molecular flexibility index (Phi) is 4.07. The quantitative estimate of drug-likeness (QED) is 0.876. The minimum Gasteiger partial charge on any atom is -0.374 e. The molecule has 0 radical (unpaired) electrons. The fourth-order valence-electron chi connectivity index (χ4n) is 2.52. The Hall–Kier alpha value is -1.28. The van der Waals surface area contributed by atoms with Gasteiger partial charge in [-0.05, 0) is 42.6 Å². The van der Waals surface area contributed by atoms with Crippen molar-refractivity contribution in [1.29, 1.82) is 0 Å². The number of likely N-dealkylation sites (N-methyl/N-ethyl adjacent to an activating group) is 2. The molecule has 0 bridgehead atoms. The predicted molar refractivity (Wildman–Crippen MR) is 80.2 cm³/mol. The van der Waals surface area contributed by atoms with Crippen LogP contribution in [0.2, 0.25) is 0 Å². The van der Waals surface area contributed by atoms with Crippen LogP contribution < -0.4 is 10.2 Å². The van der Waals surface area contributed by atoms with Gasteiger partial charge >= 0.3 is 0 Å². The van der Waals surface area contributed by atoms with Gasteiger partial charge < -0.3 is 10.2 Å².